The molecule has 0 aliphatic heterocycles. The van der Waals surface area contributed by atoms with E-state index in [0.717, 1.165) is 16.6 Å². The number of carboxylic acid groups (broad SMARTS) is 1. The summed E-state index contributed by atoms with van der Waals surface area (Å²) < 4.78 is 1.85. The maximum absolute atomic E-state index is 11.0. The lowest BCUT2D eigenvalue weighted by molar-refractivity contribution is -0.384. The van der Waals surface area contributed by atoms with Crippen LogP contribution in [-0.4, -0.2) is 20.6 Å². The molecule has 1 heterocycles. The monoisotopic (exact) mass is 282 g/mol. The van der Waals surface area contributed by atoms with Crippen LogP contribution < -0.4 is 0 Å². The summed E-state index contributed by atoms with van der Waals surface area (Å²) in [5, 5.41) is 20.4. The van der Waals surface area contributed by atoms with Crippen LogP contribution in [0, 0.1) is 10.1 Å². The van der Waals surface area contributed by atoms with E-state index >= 15 is 0 Å². The number of hydrogen-bond acceptors (Lipinski definition) is 3. The molecule has 0 unspecified atom stereocenters. The number of hydrogen-bond donors (Lipinski definition) is 1. The average molecular weight is 282 g/mol. The number of nitro benzene ring substituents is 1. The Morgan fingerprint density at radius 2 is 1.81 bits per heavy atom. The van der Waals surface area contributed by atoms with Crippen molar-refractivity contribution in [2.75, 3.05) is 0 Å². The van der Waals surface area contributed by atoms with Gasteiger partial charge in [-0.05, 0) is 36.4 Å². The molecule has 3 rings (SSSR count). The van der Waals surface area contributed by atoms with Gasteiger partial charge in [-0.3, -0.25) is 10.1 Å². The van der Waals surface area contributed by atoms with Gasteiger partial charge in [-0.25, -0.2) is 4.79 Å². The molecule has 0 saturated heterocycles. The van der Waals surface area contributed by atoms with Gasteiger partial charge in [0.15, 0.2) is 0 Å². The summed E-state index contributed by atoms with van der Waals surface area (Å²) in [5.41, 5.74) is 1.87. The molecule has 1 aromatic heterocycles. The minimum Gasteiger partial charge on any atom is -0.478 e. The molecule has 0 fully saturated rings. The van der Waals surface area contributed by atoms with Crippen molar-refractivity contribution in [3.63, 3.8) is 0 Å². The maximum Gasteiger partial charge on any atom is 0.335 e. The molecule has 6 nitrogen and oxygen atoms in total. The third-order valence-electron chi connectivity index (χ3n) is 3.28. The van der Waals surface area contributed by atoms with Crippen LogP contribution in [0.2, 0.25) is 0 Å². The van der Waals surface area contributed by atoms with Gasteiger partial charge in [-0.15, -0.1) is 0 Å². The Balaban J connectivity index is 2.08. The van der Waals surface area contributed by atoms with Gasteiger partial charge >= 0.3 is 5.97 Å². The van der Waals surface area contributed by atoms with Gasteiger partial charge in [0.05, 0.1) is 16.0 Å². The van der Waals surface area contributed by atoms with Crippen molar-refractivity contribution in [3.8, 4) is 5.69 Å². The number of aromatic nitrogens is 1. The summed E-state index contributed by atoms with van der Waals surface area (Å²) in [4.78, 5) is 21.2. The average Bonchev–Trinajstić information content (AvgIpc) is 2.90. The zero-order valence-electron chi connectivity index (χ0n) is 10.8. The Morgan fingerprint density at radius 3 is 2.43 bits per heavy atom. The van der Waals surface area contributed by atoms with Gasteiger partial charge in [0, 0.05) is 29.4 Å². The number of benzene rings is 2. The van der Waals surface area contributed by atoms with E-state index in [1.165, 1.54) is 18.2 Å². The summed E-state index contributed by atoms with van der Waals surface area (Å²) in [7, 11) is 0. The highest BCUT2D eigenvalue weighted by atomic mass is 16.6. The van der Waals surface area contributed by atoms with E-state index in [1.807, 2.05) is 10.6 Å². The molecule has 3 aromatic rings. The normalized spacial score (nSPS) is 10.7. The highest BCUT2D eigenvalue weighted by Crippen LogP contribution is 2.23. The molecule has 0 aliphatic carbocycles. The molecule has 0 spiro atoms. The molecule has 0 aliphatic rings. The third kappa shape index (κ3) is 2.23. The van der Waals surface area contributed by atoms with E-state index < -0.39 is 10.9 Å². The van der Waals surface area contributed by atoms with Crippen molar-refractivity contribution >= 4 is 22.6 Å². The number of nitro groups is 1. The standard InChI is InChI=1S/C15H10N2O4/c18-15(19)11-1-6-14-10(9-11)7-8-16(14)12-2-4-13(5-3-12)17(20)21/h1-9H,(H,18,19). The van der Waals surface area contributed by atoms with Crippen LogP contribution in [0.3, 0.4) is 0 Å². The minimum absolute atomic E-state index is 0.0309. The second-order valence-corrected chi connectivity index (χ2v) is 4.54. The first kappa shape index (κ1) is 12.9. The van der Waals surface area contributed by atoms with Crippen LogP contribution in [-0.2, 0) is 0 Å². The lowest BCUT2D eigenvalue weighted by Crippen LogP contribution is -1.96. The van der Waals surface area contributed by atoms with E-state index in [1.54, 1.807) is 30.5 Å². The van der Waals surface area contributed by atoms with Crippen LogP contribution in [0.1, 0.15) is 10.4 Å². The highest BCUT2D eigenvalue weighted by Gasteiger charge is 2.09. The van der Waals surface area contributed by atoms with Gasteiger partial charge in [0.1, 0.15) is 0 Å². The molecule has 0 radical (unpaired) electrons. The van der Waals surface area contributed by atoms with Crippen LogP contribution in [0.4, 0.5) is 5.69 Å². The molecular formula is C15H10N2O4. The van der Waals surface area contributed by atoms with Gasteiger partial charge in [-0.1, -0.05) is 0 Å². The molecule has 1 N–H and O–H groups in total. The predicted octanol–water partition coefficient (Wildman–Crippen LogP) is 3.24. The van der Waals surface area contributed by atoms with Gasteiger partial charge in [0.2, 0.25) is 0 Å². The number of fused-ring (bicyclic) bond motifs is 1. The second kappa shape index (κ2) is 4.75. The fourth-order valence-electron chi connectivity index (χ4n) is 2.24. The van der Waals surface area contributed by atoms with E-state index in [4.69, 9.17) is 5.11 Å². The van der Waals surface area contributed by atoms with Crippen LogP contribution in [0.5, 0.6) is 0 Å². The first-order chi connectivity index (χ1) is 10.1. The maximum atomic E-state index is 11.0. The molecule has 104 valence electrons. The van der Waals surface area contributed by atoms with E-state index in [2.05, 4.69) is 0 Å². The topological polar surface area (TPSA) is 85.4 Å². The van der Waals surface area contributed by atoms with Gasteiger partial charge in [-0.2, -0.15) is 0 Å². The summed E-state index contributed by atoms with van der Waals surface area (Å²) in [5.74, 6) is -0.972. The lowest BCUT2D eigenvalue weighted by atomic mass is 10.1. The molecule has 2 aromatic carbocycles. The van der Waals surface area contributed by atoms with E-state index in [0.29, 0.717) is 0 Å². The molecule has 0 atom stereocenters. The van der Waals surface area contributed by atoms with E-state index in [9.17, 15) is 14.9 Å². The first-order valence-corrected chi connectivity index (χ1v) is 6.15. The Morgan fingerprint density at radius 1 is 1.10 bits per heavy atom. The van der Waals surface area contributed by atoms with Crippen LogP contribution in [0.25, 0.3) is 16.6 Å². The summed E-state index contributed by atoms with van der Waals surface area (Å²) >= 11 is 0. The van der Waals surface area contributed by atoms with Crippen molar-refractivity contribution in [2.45, 2.75) is 0 Å². The number of aromatic carboxylic acids is 1. The number of nitrogens with zero attached hydrogens (tertiary/aromatic N) is 2. The van der Waals surface area contributed by atoms with Crippen LogP contribution in [0.15, 0.2) is 54.7 Å². The van der Waals surface area contributed by atoms with Crippen molar-refractivity contribution in [1.82, 2.24) is 4.57 Å². The quantitative estimate of drug-likeness (QED) is 0.590. The Bertz CT molecular complexity index is 850. The van der Waals surface area contributed by atoms with E-state index in [-0.39, 0.29) is 11.3 Å². The van der Waals surface area contributed by atoms with Crippen LogP contribution >= 0.6 is 0 Å². The van der Waals surface area contributed by atoms with Crippen molar-refractivity contribution in [3.05, 3.63) is 70.4 Å². The molecule has 0 amide bonds. The van der Waals surface area contributed by atoms with Gasteiger partial charge < -0.3 is 9.67 Å². The Kier molecular flexibility index (Phi) is 2.91. The summed E-state index contributed by atoms with van der Waals surface area (Å²) in [6.07, 6.45) is 1.80. The number of carboxylic acids is 1. The number of rotatable bonds is 3. The Labute approximate surface area is 119 Å². The second-order valence-electron chi connectivity index (χ2n) is 4.54. The predicted molar refractivity (Wildman–Crippen MR) is 76.9 cm³/mol. The SMILES string of the molecule is O=C(O)c1ccc2c(ccn2-c2ccc([N+](=O)[O-])cc2)c1. The smallest absolute Gasteiger partial charge is 0.335 e. The fraction of sp³-hybridized carbons (Fsp3) is 0. The zero-order chi connectivity index (χ0) is 15.0. The van der Waals surface area contributed by atoms with Crippen molar-refractivity contribution in [2.24, 2.45) is 0 Å². The molecule has 6 heteroatoms. The zero-order valence-corrected chi connectivity index (χ0v) is 10.8. The molecule has 0 saturated carbocycles. The Hall–Kier alpha value is -3.15. The summed E-state index contributed by atoms with van der Waals surface area (Å²) in [6.45, 7) is 0. The highest BCUT2D eigenvalue weighted by molar-refractivity contribution is 5.94. The molecular weight excluding hydrogens is 272 g/mol. The van der Waals surface area contributed by atoms with Crippen molar-refractivity contribution in [1.29, 1.82) is 0 Å². The summed E-state index contributed by atoms with van der Waals surface area (Å²) in [6, 6.07) is 12.8. The number of non-ortho nitro benzene ring substituents is 1. The fourth-order valence-corrected chi connectivity index (χ4v) is 2.24. The number of carbonyl (C=O) groups is 1. The first-order valence-electron chi connectivity index (χ1n) is 6.15. The lowest BCUT2D eigenvalue weighted by Gasteiger charge is -2.05. The molecule has 21 heavy (non-hydrogen) atoms. The minimum atomic E-state index is -0.972. The van der Waals surface area contributed by atoms with Gasteiger partial charge in [0.25, 0.3) is 5.69 Å². The largest absolute Gasteiger partial charge is 0.478 e. The third-order valence-corrected chi connectivity index (χ3v) is 3.28. The van der Waals surface area contributed by atoms with Crippen molar-refractivity contribution < 1.29 is 14.8 Å². The molecule has 0 bridgehead atoms.